The normalized spacial score (nSPS) is 10.3. The molecule has 0 saturated carbocycles. The van der Waals surface area contributed by atoms with Gasteiger partial charge in [-0.05, 0) is 43.3 Å². The van der Waals surface area contributed by atoms with Crippen molar-refractivity contribution < 1.29 is 19.2 Å². The van der Waals surface area contributed by atoms with Crippen LogP contribution in [0.1, 0.15) is 26.3 Å². The van der Waals surface area contributed by atoms with Gasteiger partial charge in [0.25, 0.3) is 11.6 Å². The van der Waals surface area contributed by atoms with Crippen molar-refractivity contribution in [1.29, 1.82) is 0 Å². The highest BCUT2D eigenvalue weighted by molar-refractivity contribution is 6.04. The van der Waals surface area contributed by atoms with E-state index in [1.165, 1.54) is 24.3 Å². The minimum Gasteiger partial charge on any atom is -0.421 e. The number of nitrogens with one attached hydrogen (secondary N) is 1. The highest BCUT2D eigenvalue weighted by Gasteiger charge is 2.17. The van der Waals surface area contributed by atoms with Crippen molar-refractivity contribution in [2.24, 2.45) is 0 Å². The first kappa shape index (κ1) is 20.3. The maximum absolute atomic E-state index is 12.3. The van der Waals surface area contributed by atoms with Gasteiger partial charge in [0.1, 0.15) is 0 Å². The smallest absolute Gasteiger partial charge is 0.343 e. The summed E-state index contributed by atoms with van der Waals surface area (Å²) in [7, 11) is 0. The lowest BCUT2D eigenvalue weighted by molar-refractivity contribution is -0.384. The number of amides is 1. The number of esters is 1. The van der Waals surface area contributed by atoms with Crippen LogP contribution in [0.4, 0.5) is 22.7 Å². The molecule has 5 N–H and O–H groups in total. The number of carbonyl (C=O) groups is 2. The number of rotatable bonds is 5. The van der Waals surface area contributed by atoms with Gasteiger partial charge >= 0.3 is 5.97 Å². The standard InChI is InChI=1S/C21H18N4O5/c1-12-2-4-13(5-3-12)20(26)24-16-6-7-19(18(23)11-16)30-21(27)14-8-15(22)10-17(9-14)25(28)29/h2-11H,22-23H2,1H3,(H,24,26). The van der Waals surface area contributed by atoms with E-state index in [0.717, 1.165) is 17.7 Å². The van der Waals surface area contributed by atoms with Gasteiger partial charge in [0.15, 0.2) is 5.75 Å². The molecule has 9 nitrogen and oxygen atoms in total. The lowest BCUT2D eigenvalue weighted by Crippen LogP contribution is -2.13. The second kappa shape index (κ2) is 8.31. The Bertz CT molecular complexity index is 1140. The Morgan fingerprint density at radius 1 is 0.967 bits per heavy atom. The fraction of sp³-hybridized carbons (Fsp3) is 0.0476. The molecule has 0 unspecified atom stereocenters. The molecule has 0 radical (unpaired) electrons. The van der Waals surface area contributed by atoms with Crippen LogP contribution in [-0.4, -0.2) is 16.8 Å². The number of non-ortho nitro benzene ring substituents is 1. The van der Waals surface area contributed by atoms with Gasteiger partial charge in [-0.15, -0.1) is 0 Å². The van der Waals surface area contributed by atoms with Crippen molar-refractivity contribution in [3.63, 3.8) is 0 Å². The van der Waals surface area contributed by atoms with Gasteiger partial charge in [-0.2, -0.15) is 0 Å². The van der Waals surface area contributed by atoms with E-state index < -0.39 is 10.9 Å². The largest absolute Gasteiger partial charge is 0.421 e. The maximum Gasteiger partial charge on any atom is 0.343 e. The van der Waals surface area contributed by atoms with Crippen LogP contribution in [0.25, 0.3) is 0 Å². The van der Waals surface area contributed by atoms with E-state index in [-0.39, 0.29) is 34.3 Å². The van der Waals surface area contributed by atoms with E-state index in [4.69, 9.17) is 16.2 Å². The minimum atomic E-state index is -0.853. The molecule has 0 bridgehead atoms. The lowest BCUT2D eigenvalue weighted by Gasteiger charge is -2.11. The molecule has 3 rings (SSSR count). The van der Waals surface area contributed by atoms with E-state index in [1.54, 1.807) is 12.1 Å². The van der Waals surface area contributed by atoms with E-state index in [2.05, 4.69) is 5.32 Å². The van der Waals surface area contributed by atoms with Gasteiger partial charge in [-0.3, -0.25) is 14.9 Å². The van der Waals surface area contributed by atoms with Crippen molar-refractivity contribution in [2.45, 2.75) is 6.92 Å². The van der Waals surface area contributed by atoms with Crippen LogP contribution in [0.2, 0.25) is 0 Å². The Hall–Kier alpha value is -4.40. The monoisotopic (exact) mass is 406 g/mol. The summed E-state index contributed by atoms with van der Waals surface area (Å²) in [5, 5.41) is 13.6. The third kappa shape index (κ3) is 4.71. The summed E-state index contributed by atoms with van der Waals surface area (Å²) in [4.78, 5) is 34.9. The van der Waals surface area contributed by atoms with Gasteiger partial charge in [0.2, 0.25) is 0 Å². The van der Waals surface area contributed by atoms with Gasteiger partial charge in [-0.1, -0.05) is 17.7 Å². The number of hydrogen-bond acceptors (Lipinski definition) is 7. The zero-order valence-corrected chi connectivity index (χ0v) is 15.9. The first-order valence-corrected chi connectivity index (χ1v) is 8.77. The first-order valence-electron chi connectivity index (χ1n) is 8.77. The van der Waals surface area contributed by atoms with Gasteiger partial charge in [-0.25, -0.2) is 4.79 Å². The number of nitrogen functional groups attached to an aromatic ring is 2. The number of nitrogens with two attached hydrogens (primary N) is 2. The van der Waals surface area contributed by atoms with Crippen molar-refractivity contribution in [1.82, 2.24) is 0 Å². The number of nitrogens with zero attached hydrogens (tertiary/aromatic N) is 1. The molecular formula is C21H18N4O5. The zero-order chi connectivity index (χ0) is 21.8. The molecule has 0 aliphatic carbocycles. The quantitative estimate of drug-likeness (QED) is 0.193. The molecule has 3 aromatic rings. The predicted molar refractivity (Wildman–Crippen MR) is 112 cm³/mol. The fourth-order valence-corrected chi connectivity index (χ4v) is 2.64. The van der Waals surface area contributed by atoms with Gasteiger partial charge in [0.05, 0.1) is 16.2 Å². The van der Waals surface area contributed by atoms with E-state index in [1.807, 2.05) is 19.1 Å². The van der Waals surface area contributed by atoms with Gasteiger partial charge < -0.3 is 21.5 Å². The molecule has 152 valence electrons. The summed E-state index contributed by atoms with van der Waals surface area (Å²) in [6.45, 7) is 1.92. The summed E-state index contributed by atoms with van der Waals surface area (Å²) in [6.07, 6.45) is 0. The Morgan fingerprint density at radius 3 is 2.30 bits per heavy atom. The topological polar surface area (TPSA) is 151 Å². The molecule has 30 heavy (non-hydrogen) atoms. The summed E-state index contributed by atoms with van der Waals surface area (Å²) >= 11 is 0. The predicted octanol–water partition coefficient (Wildman–Crippen LogP) is 3.54. The van der Waals surface area contributed by atoms with Crippen molar-refractivity contribution in [3.8, 4) is 5.75 Å². The summed E-state index contributed by atoms with van der Waals surface area (Å²) in [6, 6.07) is 14.9. The van der Waals surface area contributed by atoms with Crippen LogP contribution >= 0.6 is 0 Å². The van der Waals surface area contributed by atoms with Crippen molar-refractivity contribution in [2.75, 3.05) is 16.8 Å². The molecule has 0 saturated heterocycles. The highest BCUT2D eigenvalue weighted by atomic mass is 16.6. The van der Waals surface area contributed by atoms with Crippen LogP contribution in [-0.2, 0) is 0 Å². The summed E-state index contributed by atoms with van der Waals surface area (Å²) in [5.74, 6) is -1.13. The second-order valence-corrected chi connectivity index (χ2v) is 6.53. The average molecular weight is 406 g/mol. The first-order chi connectivity index (χ1) is 14.2. The molecule has 0 aliphatic rings. The third-order valence-corrected chi connectivity index (χ3v) is 4.17. The molecule has 0 heterocycles. The van der Waals surface area contributed by atoms with E-state index in [0.29, 0.717) is 11.3 Å². The fourth-order valence-electron chi connectivity index (χ4n) is 2.64. The Morgan fingerprint density at radius 2 is 1.67 bits per heavy atom. The number of benzene rings is 3. The minimum absolute atomic E-state index is 0.0402. The summed E-state index contributed by atoms with van der Waals surface area (Å²) in [5.41, 5.74) is 13.2. The Labute approximate surface area is 171 Å². The van der Waals surface area contributed by atoms with E-state index >= 15 is 0 Å². The molecule has 9 heteroatoms. The number of nitro groups is 1. The van der Waals surface area contributed by atoms with Crippen LogP contribution in [0.15, 0.2) is 60.7 Å². The van der Waals surface area contributed by atoms with Crippen LogP contribution in [0, 0.1) is 17.0 Å². The van der Waals surface area contributed by atoms with Gasteiger partial charge in [0, 0.05) is 29.1 Å². The molecule has 0 aromatic heterocycles. The van der Waals surface area contributed by atoms with Crippen LogP contribution in [0.5, 0.6) is 5.75 Å². The van der Waals surface area contributed by atoms with Crippen molar-refractivity contribution >= 4 is 34.6 Å². The van der Waals surface area contributed by atoms with E-state index in [9.17, 15) is 19.7 Å². The van der Waals surface area contributed by atoms with Crippen molar-refractivity contribution in [3.05, 3.63) is 87.5 Å². The molecular weight excluding hydrogens is 388 g/mol. The molecule has 1 amide bonds. The maximum atomic E-state index is 12.3. The lowest BCUT2D eigenvalue weighted by atomic mass is 10.1. The molecule has 0 fully saturated rings. The average Bonchev–Trinajstić information content (AvgIpc) is 2.70. The summed E-state index contributed by atoms with van der Waals surface area (Å²) < 4.78 is 5.22. The Kier molecular flexibility index (Phi) is 5.63. The van der Waals surface area contributed by atoms with Crippen LogP contribution in [0.3, 0.4) is 0 Å². The Balaban J connectivity index is 1.74. The number of aryl methyl sites for hydroxylation is 1. The number of ether oxygens (including phenoxy) is 1. The zero-order valence-electron chi connectivity index (χ0n) is 15.9. The second-order valence-electron chi connectivity index (χ2n) is 6.53. The number of hydrogen-bond donors (Lipinski definition) is 3. The molecule has 0 aliphatic heterocycles. The molecule has 0 spiro atoms. The van der Waals surface area contributed by atoms with Crippen LogP contribution < -0.4 is 21.5 Å². The molecule has 0 atom stereocenters. The number of carbonyl (C=O) groups excluding carboxylic acids is 2. The molecule has 3 aromatic carbocycles. The number of nitro benzene ring substituents is 1. The highest BCUT2D eigenvalue weighted by Crippen LogP contribution is 2.27. The third-order valence-electron chi connectivity index (χ3n) is 4.17. The number of anilines is 3. The SMILES string of the molecule is Cc1ccc(C(=O)Nc2ccc(OC(=O)c3cc(N)cc([N+](=O)[O-])c3)c(N)c2)cc1.